The fourth-order valence-electron chi connectivity index (χ4n) is 2.64. The van der Waals surface area contributed by atoms with Gasteiger partial charge in [0.1, 0.15) is 5.76 Å². The van der Waals surface area contributed by atoms with Crippen molar-refractivity contribution in [1.29, 1.82) is 0 Å². The molecule has 1 aliphatic rings. The first-order chi connectivity index (χ1) is 11.8. The molecule has 0 aliphatic heterocycles. The number of anilines is 2. The smallest absolute Gasteiger partial charge is 0.155 e. The van der Waals surface area contributed by atoms with Gasteiger partial charge in [-0.3, -0.25) is 0 Å². The lowest BCUT2D eigenvalue weighted by molar-refractivity contribution is 0.303. The molecule has 1 atom stereocenters. The summed E-state index contributed by atoms with van der Waals surface area (Å²) in [4.78, 5) is 5.64. The highest BCUT2D eigenvalue weighted by molar-refractivity contribution is 5.55. The van der Waals surface area contributed by atoms with Gasteiger partial charge in [-0.05, 0) is 54.5 Å². The van der Waals surface area contributed by atoms with Crippen LogP contribution in [0.3, 0.4) is 0 Å². The molecular formula is C20H22N2O2. The maximum atomic E-state index is 5.64. The number of hydrogen-bond acceptors (Lipinski definition) is 4. The molecule has 24 heavy (non-hydrogen) atoms. The summed E-state index contributed by atoms with van der Waals surface area (Å²) in [6.07, 6.45) is 7.27. The second-order valence-electron chi connectivity index (χ2n) is 5.62. The molecule has 0 aromatic heterocycles. The van der Waals surface area contributed by atoms with Crippen LogP contribution in [0.15, 0.2) is 72.5 Å². The molecule has 0 amide bonds. The van der Waals surface area contributed by atoms with E-state index in [9.17, 15) is 0 Å². The van der Waals surface area contributed by atoms with Gasteiger partial charge in [-0.2, -0.15) is 0 Å². The average molecular weight is 322 g/mol. The maximum Gasteiger partial charge on any atom is 0.155 e. The number of benzene rings is 2. The summed E-state index contributed by atoms with van der Waals surface area (Å²) in [6, 6.07) is 16.1. The van der Waals surface area contributed by atoms with Gasteiger partial charge in [0, 0.05) is 18.7 Å². The van der Waals surface area contributed by atoms with E-state index < -0.39 is 0 Å². The normalized spacial score (nSPS) is 16.2. The van der Waals surface area contributed by atoms with Crippen LogP contribution in [0.1, 0.15) is 17.9 Å². The topological polar surface area (TPSA) is 42.5 Å². The Bertz CT molecular complexity index is 736. The van der Waals surface area contributed by atoms with Gasteiger partial charge < -0.3 is 14.9 Å². The third kappa shape index (κ3) is 3.90. The summed E-state index contributed by atoms with van der Waals surface area (Å²) in [5.41, 5.74) is 6.17. The Hall–Kier alpha value is -2.88. The summed E-state index contributed by atoms with van der Waals surface area (Å²) in [7, 11) is 3.59. The minimum Gasteiger partial charge on any atom is -0.497 e. The molecule has 0 fully saturated rings. The predicted octanol–water partition coefficient (Wildman–Crippen LogP) is 4.71. The van der Waals surface area contributed by atoms with Crippen LogP contribution < -0.4 is 15.6 Å². The highest BCUT2D eigenvalue weighted by Gasteiger charge is 2.11. The van der Waals surface area contributed by atoms with Crippen molar-refractivity contribution in [2.45, 2.75) is 12.3 Å². The SMILES string of the molecule is CNc1cccc(NOc2ccc(C3C=CC(OC)=CC3)cc2)c1. The molecule has 1 aliphatic carbocycles. The Balaban J connectivity index is 1.59. The molecule has 0 bridgehead atoms. The van der Waals surface area contributed by atoms with Gasteiger partial charge in [0.15, 0.2) is 5.75 Å². The molecule has 0 radical (unpaired) electrons. The molecule has 124 valence electrons. The van der Waals surface area contributed by atoms with Crippen molar-refractivity contribution in [2.75, 3.05) is 25.0 Å². The fraction of sp³-hybridized carbons (Fsp3) is 0.200. The molecule has 0 spiro atoms. The zero-order valence-corrected chi connectivity index (χ0v) is 14.0. The summed E-state index contributed by atoms with van der Waals surface area (Å²) in [5, 5.41) is 3.10. The van der Waals surface area contributed by atoms with Gasteiger partial charge in [0.05, 0.1) is 12.8 Å². The van der Waals surface area contributed by atoms with Crippen molar-refractivity contribution in [3.05, 3.63) is 78.1 Å². The largest absolute Gasteiger partial charge is 0.497 e. The minimum atomic E-state index is 0.387. The summed E-state index contributed by atoms with van der Waals surface area (Å²) in [5.74, 6) is 2.10. The molecule has 4 nitrogen and oxygen atoms in total. The highest BCUT2D eigenvalue weighted by atomic mass is 16.6. The predicted molar refractivity (Wildman–Crippen MR) is 98.3 cm³/mol. The van der Waals surface area contributed by atoms with E-state index in [1.54, 1.807) is 7.11 Å². The molecule has 2 N–H and O–H groups in total. The van der Waals surface area contributed by atoms with E-state index in [2.05, 4.69) is 35.1 Å². The molecule has 0 heterocycles. The molecule has 4 heteroatoms. The highest BCUT2D eigenvalue weighted by Crippen LogP contribution is 2.28. The third-order valence-electron chi connectivity index (χ3n) is 4.05. The number of methoxy groups -OCH3 is 1. The molecule has 2 aromatic rings. The Morgan fingerprint density at radius 3 is 2.50 bits per heavy atom. The minimum absolute atomic E-state index is 0.387. The summed E-state index contributed by atoms with van der Waals surface area (Å²) in [6.45, 7) is 0. The van der Waals surface area contributed by atoms with Crippen LogP contribution in [0.25, 0.3) is 0 Å². The van der Waals surface area contributed by atoms with Gasteiger partial charge in [-0.1, -0.05) is 24.3 Å². The van der Waals surface area contributed by atoms with Crippen molar-refractivity contribution in [1.82, 2.24) is 0 Å². The standard InChI is InChI=1S/C20H22N2O2/c1-21-17-4-3-5-18(14-17)22-24-20-12-8-16(9-13-20)15-6-10-19(23-2)11-7-15/h3-6,8-15,21-22H,7H2,1-2H3. The van der Waals surface area contributed by atoms with Crippen LogP contribution >= 0.6 is 0 Å². The maximum absolute atomic E-state index is 5.64. The lowest BCUT2D eigenvalue weighted by atomic mass is 9.92. The second kappa shape index (κ2) is 7.59. The summed E-state index contributed by atoms with van der Waals surface area (Å²) < 4.78 is 5.23. The van der Waals surface area contributed by atoms with Crippen molar-refractivity contribution in [3.8, 4) is 5.75 Å². The van der Waals surface area contributed by atoms with Crippen LogP contribution in [-0.4, -0.2) is 14.2 Å². The van der Waals surface area contributed by atoms with Gasteiger partial charge in [-0.15, -0.1) is 0 Å². The Morgan fingerprint density at radius 2 is 1.83 bits per heavy atom. The third-order valence-corrected chi connectivity index (χ3v) is 4.05. The number of rotatable bonds is 6. The summed E-state index contributed by atoms with van der Waals surface area (Å²) >= 11 is 0. The van der Waals surface area contributed by atoms with Crippen molar-refractivity contribution >= 4 is 11.4 Å². The number of ether oxygens (including phenoxy) is 1. The van der Waals surface area contributed by atoms with E-state index in [0.717, 1.165) is 29.3 Å². The monoisotopic (exact) mass is 322 g/mol. The molecule has 2 aromatic carbocycles. The van der Waals surface area contributed by atoms with Crippen LogP contribution in [0.2, 0.25) is 0 Å². The lowest BCUT2D eigenvalue weighted by Crippen LogP contribution is -2.05. The Morgan fingerprint density at radius 1 is 1.04 bits per heavy atom. The van der Waals surface area contributed by atoms with Crippen LogP contribution in [-0.2, 0) is 4.74 Å². The Kier molecular flexibility index (Phi) is 5.06. The van der Waals surface area contributed by atoms with E-state index in [1.807, 2.05) is 49.5 Å². The lowest BCUT2D eigenvalue weighted by Gasteiger charge is -2.16. The first-order valence-electron chi connectivity index (χ1n) is 8.01. The van der Waals surface area contributed by atoms with E-state index in [-0.39, 0.29) is 0 Å². The van der Waals surface area contributed by atoms with Crippen LogP contribution in [0.4, 0.5) is 11.4 Å². The van der Waals surface area contributed by atoms with E-state index >= 15 is 0 Å². The average Bonchev–Trinajstić information content (AvgIpc) is 2.67. The Labute approximate surface area is 142 Å². The number of nitrogens with one attached hydrogen (secondary N) is 2. The zero-order valence-electron chi connectivity index (χ0n) is 14.0. The quantitative estimate of drug-likeness (QED) is 0.756. The molecule has 0 saturated carbocycles. The second-order valence-corrected chi connectivity index (χ2v) is 5.62. The van der Waals surface area contributed by atoms with E-state index in [0.29, 0.717) is 5.92 Å². The van der Waals surface area contributed by atoms with E-state index in [4.69, 9.17) is 9.57 Å². The van der Waals surface area contributed by atoms with Crippen LogP contribution in [0, 0.1) is 0 Å². The van der Waals surface area contributed by atoms with Crippen LogP contribution in [0.5, 0.6) is 5.75 Å². The van der Waals surface area contributed by atoms with Crippen molar-refractivity contribution in [2.24, 2.45) is 0 Å². The van der Waals surface area contributed by atoms with Crippen molar-refractivity contribution in [3.63, 3.8) is 0 Å². The van der Waals surface area contributed by atoms with E-state index in [1.165, 1.54) is 5.56 Å². The number of hydrogen-bond donors (Lipinski definition) is 2. The first-order valence-corrected chi connectivity index (χ1v) is 8.01. The molecular weight excluding hydrogens is 300 g/mol. The number of allylic oxidation sites excluding steroid dienone is 3. The zero-order chi connectivity index (χ0) is 16.8. The molecule has 0 saturated heterocycles. The van der Waals surface area contributed by atoms with Gasteiger partial charge in [0.2, 0.25) is 0 Å². The molecule has 1 unspecified atom stereocenters. The molecule has 3 rings (SSSR count). The van der Waals surface area contributed by atoms with Gasteiger partial charge in [-0.25, -0.2) is 5.48 Å². The first kappa shape index (κ1) is 16.0. The van der Waals surface area contributed by atoms with Gasteiger partial charge >= 0.3 is 0 Å². The van der Waals surface area contributed by atoms with Gasteiger partial charge in [0.25, 0.3) is 0 Å². The van der Waals surface area contributed by atoms with Crippen molar-refractivity contribution < 1.29 is 9.57 Å². The fourth-order valence-corrected chi connectivity index (χ4v) is 2.64.